The van der Waals surface area contributed by atoms with Crippen LogP contribution in [0.15, 0.2) is 48.8 Å². The summed E-state index contributed by atoms with van der Waals surface area (Å²) in [4.78, 5) is 24.2. The van der Waals surface area contributed by atoms with Gasteiger partial charge in [0.25, 0.3) is 0 Å². The van der Waals surface area contributed by atoms with E-state index >= 15 is 0 Å². The first-order valence-corrected chi connectivity index (χ1v) is 11.4. The summed E-state index contributed by atoms with van der Waals surface area (Å²) in [7, 11) is 0. The Morgan fingerprint density at radius 3 is 2.53 bits per heavy atom. The van der Waals surface area contributed by atoms with Crippen molar-refractivity contribution in [1.82, 2.24) is 15.0 Å². The molecule has 12 heteroatoms. The zero-order chi connectivity index (χ0) is 24.7. The minimum Gasteiger partial charge on any atom is -0.477 e. The number of aryl methyl sites for hydroxylation is 1. The number of aromatic carboxylic acids is 1. The van der Waals surface area contributed by atoms with Crippen LogP contribution in [0.2, 0.25) is 0 Å². The minimum absolute atomic E-state index is 0.110. The molecule has 1 atom stereocenters. The number of rotatable bonds is 6. The molecule has 176 valence electrons. The molecule has 4 aromatic rings. The molecule has 3 aromatic heterocycles. The van der Waals surface area contributed by atoms with Gasteiger partial charge in [0.1, 0.15) is 21.2 Å². The van der Waals surface area contributed by atoms with Gasteiger partial charge in [-0.2, -0.15) is 13.2 Å². The number of thiazole rings is 1. The van der Waals surface area contributed by atoms with Crippen molar-refractivity contribution >= 4 is 40.3 Å². The van der Waals surface area contributed by atoms with Crippen LogP contribution in [0.25, 0.3) is 10.4 Å². The summed E-state index contributed by atoms with van der Waals surface area (Å²) >= 11 is 2.20. The normalized spacial score (nSPS) is 13.5. The van der Waals surface area contributed by atoms with Gasteiger partial charge in [-0.15, -0.1) is 22.7 Å². The van der Waals surface area contributed by atoms with Gasteiger partial charge >= 0.3 is 12.1 Å². The summed E-state index contributed by atoms with van der Waals surface area (Å²) in [5.74, 6) is -1.26. The van der Waals surface area contributed by atoms with Crippen LogP contribution in [0.3, 0.4) is 0 Å². The smallest absolute Gasteiger partial charge is 0.433 e. The van der Waals surface area contributed by atoms with Crippen LogP contribution >= 0.6 is 22.7 Å². The maximum Gasteiger partial charge on any atom is 0.433 e. The largest absolute Gasteiger partial charge is 0.477 e. The predicted octanol–water partition coefficient (Wildman–Crippen LogP) is 5.69. The molecule has 1 aromatic carbocycles. The highest BCUT2D eigenvalue weighted by molar-refractivity contribution is 7.16. The third kappa shape index (κ3) is 4.93. The molecule has 0 radical (unpaired) electrons. The second-order valence-electron chi connectivity index (χ2n) is 7.55. The summed E-state index contributed by atoms with van der Waals surface area (Å²) < 4.78 is 38.8. The summed E-state index contributed by atoms with van der Waals surface area (Å²) in [5, 5.41) is 23.4. The lowest BCUT2D eigenvalue weighted by Crippen LogP contribution is -2.20. The number of aromatic nitrogens is 3. The molecule has 0 aliphatic carbocycles. The van der Waals surface area contributed by atoms with E-state index in [1.165, 1.54) is 17.4 Å². The number of carboxylic acid groups (broad SMARTS) is 1. The van der Waals surface area contributed by atoms with Gasteiger partial charge in [-0.05, 0) is 55.3 Å². The highest BCUT2D eigenvalue weighted by Crippen LogP contribution is 2.39. The molecule has 3 N–H and O–H groups in total. The lowest BCUT2D eigenvalue weighted by atomic mass is 10.1. The van der Waals surface area contributed by atoms with E-state index in [1.807, 2.05) is 13.0 Å². The van der Waals surface area contributed by atoms with Gasteiger partial charge in [-0.25, -0.2) is 19.7 Å². The number of hydrogen-bond acceptors (Lipinski definition) is 8. The first-order chi connectivity index (χ1) is 15.9. The summed E-state index contributed by atoms with van der Waals surface area (Å²) in [6.45, 7) is 3.38. The molecule has 0 spiro atoms. The van der Waals surface area contributed by atoms with Gasteiger partial charge in [0.05, 0.1) is 4.88 Å². The van der Waals surface area contributed by atoms with Crippen LogP contribution < -0.4 is 5.32 Å². The van der Waals surface area contributed by atoms with Crippen molar-refractivity contribution in [3.8, 4) is 10.4 Å². The van der Waals surface area contributed by atoms with Gasteiger partial charge in [0.2, 0.25) is 5.95 Å². The van der Waals surface area contributed by atoms with E-state index < -0.39 is 23.4 Å². The number of carboxylic acids is 1. The van der Waals surface area contributed by atoms with Gasteiger partial charge in [0, 0.05) is 23.0 Å². The fourth-order valence-electron chi connectivity index (χ4n) is 3.16. The Morgan fingerprint density at radius 1 is 1.09 bits per heavy atom. The number of alkyl halides is 3. The van der Waals surface area contributed by atoms with E-state index in [-0.39, 0.29) is 10.8 Å². The molecule has 0 aliphatic rings. The number of carbonyl (C=O) groups is 1. The second-order valence-corrected chi connectivity index (χ2v) is 9.66. The molecule has 3 heterocycles. The Kier molecular flexibility index (Phi) is 6.14. The van der Waals surface area contributed by atoms with Crippen molar-refractivity contribution in [1.29, 1.82) is 0 Å². The van der Waals surface area contributed by atoms with E-state index in [4.69, 9.17) is 5.11 Å². The lowest BCUT2D eigenvalue weighted by molar-refractivity contribution is -0.141. The first-order valence-electron chi connectivity index (χ1n) is 9.75. The van der Waals surface area contributed by atoms with Crippen LogP contribution in [0, 0.1) is 6.92 Å². The Labute approximate surface area is 199 Å². The number of thiophene rings is 1. The Morgan fingerprint density at radius 2 is 1.85 bits per heavy atom. The van der Waals surface area contributed by atoms with Gasteiger partial charge in [-0.3, -0.25) is 0 Å². The quantitative estimate of drug-likeness (QED) is 0.308. The van der Waals surface area contributed by atoms with Crippen molar-refractivity contribution in [3.05, 3.63) is 74.8 Å². The number of halogens is 3. The molecule has 34 heavy (non-hydrogen) atoms. The molecular formula is C22H17F3N4O3S2. The number of nitrogens with zero attached hydrogens (tertiary/aromatic N) is 3. The molecule has 0 amide bonds. The van der Waals surface area contributed by atoms with E-state index in [9.17, 15) is 23.1 Å². The van der Waals surface area contributed by atoms with Crippen LogP contribution in [0.5, 0.6) is 0 Å². The van der Waals surface area contributed by atoms with Crippen molar-refractivity contribution in [2.45, 2.75) is 25.6 Å². The van der Waals surface area contributed by atoms with E-state index in [2.05, 4.69) is 20.3 Å². The standard InChI is InChI=1S/C22H17F3N4O3S2/c1-11-7-12(9-13(8-11)28-20-26-6-5-16(29-20)22(23,24)25)15-10-27-19(34-15)21(2,32)17-4-3-14(33-17)18(30)31/h3-10,32H,1-2H3,(H,30,31)(H,26,28,29)/t21-/m0/s1. The van der Waals surface area contributed by atoms with Crippen LogP contribution in [0.1, 0.15) is 37.7 Å². The second kappa shape index (κ2) is 8.78. The Bertz CT molecular complexity index is 1370. The van der Waals surface area contributed by atoms with Crippen molar-refractivity contribution < 1.29 is 28.2 Å². The molecule has 0 bridgehead atoms. The van der Waals surface area contributed by atoms with Gasteiger partial charge in [-0.1, -0.05) is 6.07 Å². The molecule has 7 nitrogen and oxygen atoms in total. The number of anilines is 2. The van der Waals surface area contributed by atoms with Crippen LogP contribution in [-0.4, -0.2) is 31.1 Å². The van der Waals surface area contributed by atoms with Crippen molar-refractivity contribution in [2.24, 2.45) is 0 Å². The number of hydrogen-bond donors (Lipinski definition) is 3. The third-order valence-electron chi connectivity index (χ3n) is 4.78. The molecular weight excluding hydrogens is 489 g/mol. The molecule has 0 saturated heterocycles. The zero-order valence-corrected chi connectivity index (χ0v) is 19.3. The van der Waals surface area contributed by atoms with E-state index in [0.717, 1.165) is 34.7 Å². The Hall–Kier alpha value is -3.35. The van der Waals surface area contributed by atoms with Gasteiger partial charge in [0.15, 0.2) is 0 Å². The summed E-state index contributed by atoms with van der Waals surface area (Å²) in [5.41, 5.74) is -0.491. The van der Waals surface area contributed by atoms with Gasteiger partial charge < -0.3 is 15.5 Å². The van der Waals surface area contributed by atoms with Crippen LogP contribution in [-0.2, 0) is 11.8 Å². The number of aliphatic hydroxyl groups is 1. The molecule has 4 rings (SSSR count). The molecule has 0 saturated carbocycles. The zero-order valence-electron chi connectivity index (χ0n) is 17.7. The van der Waals surface area contributed by atoms with Crippen molar-refractivity contribution in [3.63, 3.8) is 0 Å². The van der Waals surface area contributed by atoms with Crippen LogP contribution in [0.4, 0.5) is 24.8 Å². The van der Waals surface area contributed by atoms with E-state index in [0.29, 0.717) is 20.4 Å². The highest BCUT2D eigenvalue weighted by atomic mass is 32.1. The predicted molar refractivity (Wildman–Crippen MR) is 123 cm³/mol. The lowest BCUT2D eigenvalue weighted by Gasteiger charge is -2.18. The SMILES string of the molecule is Cc1cc(Nc2nccc(C(F)(F)F)n2)cc(-c2cnc([C@@](C)(O)c3ccc(C(=O)O)s3)s2)c1. The fourth-order valence-corrected chi connectivity index (χ4v) is 5.08. The van der Waals surface area contributed by atoms with E-state index in [1.54, 1.807) is 31.3 Å². The maximum absolute atomic E-state index is 12.9. The van der Waals surface area contributed by atoms with Crippen molar-refractivity contribution in [2.75, 3.05) is 5.32 Å². The average molecular weight is 507 g/mol. The number of nitrogens with one attached hydrogen (secondary N) is 1. The summed E-state index contributed by atoms with van der Waals surface area (Å²) in [6.07, 6.45) is -1.97. The fraction of sp³-hybridized carbons (Fsp3) is 0.182. The topological polar surface area (TPSA) is 108 Å². The third-order valence-corrected chi connectivity index (χ3v) is 7.32. The maximum atomic E-state index is 12.9. The Balaban J connectivity index is 1.62. The highest BCUT2D eigenvalue weighted by Gasteiger charge is 2.33. The minimum atomic E-state index is -4.58. The molecule has 0 unspecified atom stereocenters. The average Bonchev–Trinajstić information content (AvgIpc) is 3.44. The molecule has 0 fully saturated rings. The summed E-state index contributed by atoms with van der Waals surface area (Å²) in [6, 6.07) is 9.11. The first kappa shape index (κ1) is 23.8. The monoisotopic (exact) mass is 506 g/mol. The molecule has 0 aliphatic heterocycles. The number of benzene rings is 1.